The molecule has 0 radical (unpaired) electrons. The summed E-state index contributed by atoms with van der Waals surface area (Å²) in [7, 11) is 0. The molecule has 0 spiro atoms. The van der Waals surface area contributed by atoms with E-state index in [1.54, 1.807) is 23.1 Å². The number of rotatable bonds is 4. The standard InChI is InChI=1S/C23H26Cl2N4O2/c24-18-8-9-20(19(25)15-18)26-23(31)29-10-4-7-21(29)22(30)28-13-11-27(12-14-28)16-17-5-2-1-3-6-17/h1-3,5-6,8-9,15,21H,4,7,10-14,16H2,(H,26,31). The number of hydrogen-bond acceptors (Lipinski definition) is 3. The number of hydrogen-bond donors (Lipinski definition) is 1. The first-order valence-corrected chi connectivity index (χ1v) is 11.3. The Balaban J connectivity index is 1.33. The van der Waals surface area contributed by atoms with Crippen molar-refractivity contribution in [1.29, 1.82) is 0 Å². The molecule has 2 heterocycles. The SMILES string of the molecule is O=C(C1CCCN1C(=O)Nc1ccc(Cl)cc1Cl)N1CCN(Cc2ccccc2)CC1. The first-order chi connectivity index (χ1) is 15.0. The minimum Gasteiger partial charge on any atom is -0.338 e. The number of piperazine rings is 1. The van der Waals surface area contributed by atoms with Gasteiger partial charge in [-0.1, -0.05) is 53.5 Å². The molecule has 6 nitrogen and oxygen atoms in total. The van der Waals surface area contributed by atoms with E-state index in [4.69, 9.17) is 23.2 Å². The molecule has 2 saturated heterocycles. The Morgan fingerprint density at radius 2 is 1.71 bits per heavy atom. The maximum absolute atomic E-state index is 13.2. The topological polar surface area (TPSA) is 55.9 Å². The molecule has 3 amide bonds. The predicted molar refractivity (Wildman–Crippen MR) is 124 cm³/mol. The van der Waals surface area contributed by atoms with Crippen molar-refractivity contribution in [3.8, 4) is 0 Å². The third-order valence-corrected chi connectivity index (χ3v) is 6.45. The number of halogens is 2. The maximum atomic E-state index is 13.2. The summed E-state index contributed by atoms with van der Waals surface area (Å²) in [4.78, 5) is 31.9. The molecule has 2 aromatic rings. The minimum atomic E-state index is -0.424. The molecule has 1 atom stereocenters. The summed E-state index contributed by atoms with van der Waals surface area (Å²) in [6.07, 6.45) is 1.50. The van der Waals surface area contributed by atoms with Crippen molar-refractivity contribution < 1.29 is 9.59 Å². The van der Waals surface area contributed by atoms with Crippen molar-refractivity contribution in [3.05, 3.63) is 64.1 Å². The highest BCUT2D eigenvalue weighted by molar-refractivity contribution is 6.36. The predicted octanol–water partition coefficient (Wildman–Crippen LogP) is 4.33. The van der Waals surface area contributed by atoms with Gasteiger partial charge in [0.1, 0.15) is 6.04 Å². The molecular formula is C23H26Cl2N4O2. The zero-order chi connectivity index (χ0) is 21.8. The first kappa shape index (κ1) is 21.9. The van der Waals surface area contributed by atoms with Crippen LogP contribution >= 0.6 is 23.2 Å². The van der Waals surface area contributed by atoms with Gasteiger partial charge in [-0.15, -0.1) is 0 Å². The fourth-order valence-electron chi connectivity index (χ4n) is 4.22. The molecule has 1 N–H and O–H groups in total. The fraction of sp³-hybridized carbons (Fsp3) is 0.391. The van der Waals surface area contributed by atoms with E-state index >= 15 is 0 Å². The van der Waals surface area contributed by atoms with Gasteiger partial charge in [0, 0.05) is 44.3 Å². The first-order valence-electron chi connectivity index (χ1n) is 10.6. The minimum absolute atomic E-state index is 0.0363. The Morgan fingerprint density at radius 1 is 0.968 bits per heavy atom. The van der Waals surface area contributed by atoms with Crippen molar-refractivity contribution in [2.75, 3.05) is 38.0 Å². The lowest BCUT2D eigenvalue weighted by Crippen LogP contribution is -2.54. The van der Waals surface area contributed by atoms with Gasteiger partial charge in [0.15, 0.2) is 0 Å². The molecule has 0 saturated carbocycles. The molecule has 31 heavy (non-hydrogen) atoms. The molecule has 2 aliphatic heterocycles. The number of carbonyl (C=O) groups is 2. The zero-order valence-corrected chi connectivity index (χ0v) is 18.8. The number of benzene rings is 2. The number of nitrogens with zero attached hydrogens (tertiary/aromatic N) is 3. The molecule has 1 unspecified atom stereocenters. The molecule has 4 rings (SSSR count). The van der Waals surface area contributed by atoms with Gasteiger partial charge in [-0.25, -0.2) is 4.79 Å². The van der Waals surface area contributed by atoms with Gasteiger partial charge in [0.25, 0.3) is 0 Å². The van der Waals surface area contributed by atoms with Crippen LogP contribution in [0.5, 0.6) is 0 Å². The molecule has 0 aromatic heterocycles. The van der Waals surface area contributed by atoms with E-state index < -0.39 is 6.04 Å². The third-order valence-electron chi connectivity index (χ3n) is 5.90. The molecule has 2 aromatic carbocycles. The van der Waals surface area contributed by atoms with Crippen LogP contribution in [-0.2, 0) is 11.3 Å². The Kier molecular flexibility index (Phi) is 7.00. The molecular weight excluding hydrogens is 435 g/mol. The smallest absolute Gasteiger partial charge is 0.322 e. The average Bonchev–Trinajstić information content (AvgIpc) is 3.26. The number of amides is 3. The normalized spacial score (nSPS) is 19.5. The monoisotopic (exact) mass is 460 g/mol. The molecule has 164 valence electrons. The quantitative estimate of drug-likeness (QED) is 0.738. The van der Waals surface area contributed by atoms with Crippen molar-refractivity contribution in [2.45, 2.75) is 25.4 Å². The summed E-state index contributed by atoms with van der Waals surface area (Å²) in [5, 5.41) is 3.69. The molecule has 2 fully saturated rings. The summed E-state index contributed by atoms with van der Waals surface area (Å²) < 4.78 is 0. The Morgan fingerprint density at radius 3 is 2.42 bits per heavy atom. The Hall–Kier alpha value is -2.28. The summed E-state index contributed by atoms with van der Waals surface area (Å²) >= 11 is 12.1. The van der Waals surface area contributed by atoms with Gasteiger partial charge in [-0.2, -0.15) is 0 Å². The largest absolute Gasteiger partial charge is 0.338 e. The number of anilines is 1. The highest BCUT2D eigenvalue weighted by Gasteiger charge is 2.37. The van der Waals surface area contributed by atoms with Crippen LogP contribution in [0.3, 0.4) is 0 Å². The van der Waals surface area contributed by atoms with Crippen LogP contribution in [0, 0.1) is 0 Å². The van der Waals surface area contributed by atoms with Gasteiger partial charge in [-0.05, 0) is 36.6 Å². The van der Waals surface area contributed by atoms with Crippen LogP contribution in [0.1, 0.15) is 18.4 Å². The van der Waals surface area contributed by atoms with Crippen LogP contribution in [0.15, 0.2) is 48.5 Å². The van der Waals surface area contributed by atoms with Gasteiger partial charge >= 0.3 is 6.03 Å². The lowest BCUT2D eigenvalue weighted by Gasteiger charge is -2.37. The highest BCUT2D eigenvalue weighted by atomic mass is 35.5. The molecule has 0 bridgehead atoms. The van der Waals surface area contributed by atoms with E-state index in [1.807, 2.05) is 23.1 Å². The summed E-state index contributed by atoms with van der Waals surface area (Å²) in [6, 6.07) is 14.6. The number of likely N-dealkylation sites (tertiary alicyclic amines) is 1. The average molecular weight is 461 g/mol. The van der Waals surface area contributed by atoms with E-state index in [9.17, 15) is 9.59 Å². The van der Waals surface area contributed by atoms with E-state index in [2.05, 4.69) is 22.3 Å². The van der Waals surface area contributed by atoms with Gasteiger partial charge in [-0.3, -0.25) is 9.69 Å². The molecule has 2 aliphatic rings. The van der Waals surface area contributed by atoms with E-state index in [0.717, 1.165) is 26.1 Å². The maximum Gasteiger partial charge on any atom is 0.322 e. The second kappa shape index (κ2) is 9.90. The van der Waals surface area contributed by atoms with Gasteiger partial charge in [0.2, 0.25) is 5.91 Å². The van der Waals surface area contributed by atoms with Gasteiger partial charge < -0.3 is 15.1 Å². The molecule has 8 heteroatoms. The number of carbonyl (C=O) groups excluding carboxylic acids is 2. The van der Waals surface area contributed by atoms with E-state index in [0.29, 0.717) is 41.8 Å². The lowest BCUT2D eigenvalue weighted by atomic mass is 10.1. The Labute approximate surface area is 192 Å². The van der Waals surface area contributed by atoms with Crippen LogP contribution < -0.4 is 5.32 Å². The summed E-state index contributed by atoms with van der Waals surface area (Å²) in [5.74, 6) is 0.0363. The van der Waals surface area contributed by atoms with Crippen molar-refractivity contribution in [3.63, 3.8) is 0 Å². The highest BCUT2D eigenvalue weighted by Crippen LogP contribution is 2.27. The second-order valence-electron chi connectivity index (χ2n) is 7.99. The fourth-order valence-corrected chi connectivity index (χ4v) is 4.68. The van der Waals surface area contributed by atoms with Crippen LogP contribution in [0.25, 0.3) is 0 Å². The van der Waals surface area contributed by atoms with E-state index in [-0.39, 0.29) is 11.9 Å². The van der Waals surface area contributed by atoms with Crippen molar-refractivity contribution in [1.82, 2.24) is 14.7 Å². The Bertz CT molecular complexity index is 932. The second-order valence-corrected chi connectivity index (χ2v) is 8.84. The van der Waals surface area contributed by atoms with Gasteiger partial charge in [0.05, 0.1) is 10.7 Å². The summed E-state index contributed by atoms with van der Waals surface area (Å²) in [6.45, 7) is 4.48. The summed E-state index contributed by atoms with van der Waals surface area (Å²) in [5.41, 5.74) is 1.77. The van der Waals surface area contributed by atoms with Crippen LogP contribution in [0.2, 0.25) is 10.0 Å². The van der Waals surface area contributed by atoms with Crippen LogP contribution in [-0.4, -0.2) is 65.4 Å². The van der Waals surface area contributed by atoms with Crippen LogP contribution in [0.4, 0.5) is 10.5 Å². The van der Waals surface area contributed by atoms with E-state index in [1.165, 1.54) is 5.56 Å². The number of nitrogens with one attached hydrogen (secondary N) is 1. The zero-order valence-electron chi connectivity index (χ0n) is 17.3. The number of urea groups is 1. The van der Waals surface area contributed by atoms with Crippen molar-refractivity contribution in [2.24, 2.45) is 0 Å². The lowest BCUT2D eigenvalue weighted by molar-refractivity contribution is -0.136. The van der Waals surface area contributed by atoms with Crippen molar-refractivity contribution >= 4 is 40.8 Å². The third kappa shape index (κ3) is 5.32. The molecule has 0 aliphatic carbocycles.